The molecule has 1 unspecified atom stereocenters. The largest absolute Gasteiger partial charge is 0.508 e. The first-order chi connectivity index (χ1) is 16.4. The number of phenols is 1. The fourth-order valence-corrected chi connectivity index (χ4v) is 3.45. The summed E-state index contributed by atoms with van der Waals surface area (Å²) in [6.45, 7) is 11.2. The first-order valence-electron chi connectivity index (χ1n) is 12.2. The first kappa shape index (κ1) is 29.1. The van der Waals surface area contributed by atoms with E-state index in [1.54, 1.807) is 30.5 Å². The van der Waals surface area contributed by atoms with E-state index in [0.717, 1.165) is 23.4 Å². The molecule has 186 valence electrons. The van der Waals surface area contributed by atoms with Crippen molar-refractivity contribution in [3.63, 3.8) is 0 Å². The predicted molar refractivity (Wildman–Crippen MR) is 142 cm³/mol. The fourth-order valence-electron chi connectivity index (χ4n) is 3.45. The zero-order valence-corrected chi connectivity index (χ0v) is 21.8. The Bertz CT molecular complexity index is 950. The van der Waals surface area contributed by atoms with Gasteiger partial charge in [0.05, 0.1) is 11.1 Å². The number of rotatable bonds is 8. The molecule has 34 heavy (non-hydrogen) atoms. The molecule has 1 heterocycles. The van der Waals surface area contributed by atoms with Gasteiger partial charge in [0.2, 0.25) is 0 Å². The molecule has 0 saturated carbocycles. The molecule has 0 aliphatic heterocycles. The van der Waals surface area contributed by atoms with Crippen molar-refractivity contribution in [3.8, 4) is 17.0 Å². The Morgan fingerprint density at radius 3 is 2.18 bits per heavy atom. The molecule has 6 nitrogen and oxygen atoms in total. The molecule has 0 bridgehead atoms. The van der Waals surface area contributed by atoms with Crippen LogP contribution in [0.25, 0.3) is 11.3 Å². The molecule has 0 saturated heterocycles. The lowest BCUT2D eigenvalue weighted by Crippen LogP contribution is -2.51. The third-order valence-corrected chi connectivity index (χ3v) is 5.86. The smallest absolute Gasteiger partial charge is 0.258 e. The molecule has 0 fully saturated rings. The predicted octanol–water partition coefficient (Wildman–Crippen LogP) is 5.49. The van der Waals surface area contributed by atoms with Gasteiger partial charge in [-0.05, 0) is 64.7 Å². The summed E-state index contributed by atoms with van der Waals surface area (Å²) in [4.78, 5) is 13.4. The minimum atomic E-state index is -0.845. The number of hydrogen-bond donors (Lipinski definition) is 3. The van der Waals surface area contributed by atoms with E-state index in [0.29, 0.717) is 0 Å². The Balaban J connectivity index is 0.000000631. The minimum Gasteiger partial charge on any atom is -0.508 e. The van der Waals surface area contributed by atoms with E-state index >= 15 is 0 Å². The van der Waals surface area contributed by atoms with Gasteiger partial charge in [-0.25, -0.2) is 4.68 Å². The molecular weight excluding hydrogens is 424 g/mol. The maximum atomic E-state index is 13.4. The van der Waals surface area contributed by atoms with Crippen LogP contribution in [-0.4, -0.2) is 47.5 Å². The lowest BCUT2D eigenvalue weighted by atomic mass is 9.75. The number of carbonyl (C=O) groups excluding carboxylic acids is 1. The summed E-state index contributed by atoms with van der Waals surface area (Å²) in [5, 5.41) is 20.3. The highest BCUT2D eigenvalue weighted by Gasteiger charge is 2.41. The summed E-state index contributed by atoms with van der Waals surface area (Å²) < 4.78 is 1.41. The maximum absolute atomic E-state index is 13.4. The van der Waals surface area contributed by atoms with Crippen molar-refractivity contribution >= 4 is 5.91 Å². The topological polar surface area (TPSA) is 79.2 Å². The van der Waals surface area contributed by atoms with Crippen molar-refractivity contribution < 1.29 is 9.90 Å². The van der Waals surface area contributed by atoms with Crippen LogP contribution in [0.1, 0.15) is 57.8 Å². The number of aromatic nitrogens is 2. The molecular formula is C28H42N4O2. The average molecular weight is 467 g/mol. The highest BCUT2D eigenvalue weighted by molar-refractivity contribution is 5.90. The van der Waals surface area contributed by atoms with E-state index in [4.69, 9.17) is 0 Å². The van der Waals surface area contributed by atoms with Gasteiger partial charge in [0.25, 0.3) is 5.91 Å². The Hall–Kier alpha value is -2.96. The molecule has 3 aromatic rings. The van der Waals surface area contributed by atoms with Crippen LogP contribution in [0, 0.1) is 0 Å². The number of phenolic OH excluding ortho intramolecular Hbond substituents is 1. The normalized spacial score (nSPS) is 12.9. The number of hydrogen-bond acceptors (Lipinski definition) is 5. The van der Waals surface area contributed by atoms with Crippen LogP contribution >= 0.6 is 0 Å². The number of nitrogens with zero attached hydrogens (tertiary/aromatic N) is 2. The quantitative estimate of drug-likeness (QED) is 0.382. The van der Waals surface area contributed by atoms with Crippen LogP contribution in [0.15, 0.2) is 66.9 Å². The summed E-state index contributed by atoms with van der Waals surface area (Å²) in [5.74, 6) is 0.0401. The zero-order chi connectivity index (χ0) is 25.6. The van der Waals surface area contributed by atoms with E-state index in [1.165, 1.54) is 17.5 Å². The molecule has 0 radical (unpaired) electrons. The van der Waals surface area contributed by atoms with Gasteiger partial charge in [-0.3, -0.25) is 4.79 Å². The van der Waals surface area contributed by atoms with Gasteiger partial charge in [0.15, 0.2) is 0 Å². The van der Waals surface area contributed by atoms with Gasteiger partial charge in [0, 0.05) is 17.8 Å². The lowest BCUT2D eigenvalue weighted by Gasteiger charge is -2.34. The maximum Gasteiger partial charge on any atom is 0.258 e. The number of aromatic hydroxyl groups is 1. The highest BCUT2D eigenvalue weighted by Crippen LogP contribution is 2.31. The van der Waals surface area contributed by atoms with E-state index in [-0.39, 0.29) is 17.7 Å². The number of benzene rings is 2. The van der Waals surface area contributed by atoms with Gasteiger partial charge in [-0.15, -0.1) is 0 Å². The molecule has 0 amide bonds. The third kappa shape index (κ3) is 7.54. The molecule has 0 aliphatic carbocycles. The number of likely N-dealkylation sites (N-methyl/N-ethyl adjacent to an activating group) is 1. The zero-order valence-electron chi connectivity index (χ0n) is 21.8. The van der Waals surface area contributed by atoms with Gasteiger partial charge >= 0.3 is 0 Å². The second kappa shape index (κ2) is 15.0. The molecule has 0 spiro atoms. The van der Waals surface area contributed by atoms with Gasteiger partial charge in [0.1, 0.15) is 5.75 Å². The Morgan fingerprint density at radius 2 is 1.68 bits per heavy atom. The summed E-state index contributed by atoms with van der Waals surface area (Å²) in [6, 6.07) is 18.2. The van der Waals surface area contributed by atoms with Crippen LogP contribution in [-0.2, 0) is 5.41 Å². The molecule has 3 N–H and O–H groups in total. The van der Waals surface area contributed by atoms with E-state index in [9.17, 15) is 9.90 Å². The number of unbranched alkanes of at least 4 members (excludes halogenated alkanes) is 1. The van der Waals surface area contributed by atoms with E-state index < -0.39 is 5.41 Å². The Morgan fingerprint density at radius 1 is 1.06 bits per heavy atom. The van der Waals surface area contributed by atoms with E-state index in [1.807, 2.05) is 78.2 Å². The third-order valence-electron chi connectivity index (χ3n) is 5.86. The summed E-state index contributed by atoms with van der Waals surface area (Å²) >= 11 is 0. The summed E-state index contributed by atoms with van der Waals surface area (Å²) in [5.41, 5.74) is 1.69. The molecule has 2 aromatic carbocycles. The van der Waals surface area contributed by atoms with Crippen molar-refractivity contribution in [2.24, 2.45) is 0 Å². The first-order valence-corrected chi connectivity index (χ1v) is 12.2. The minimum absolute atomic E-state index is 0.132. The molecule has 1 aromatic heterocycles. The highest BCUT2D eigenvalue weighted by atomic mass is 16.3. The van der Waals surface area contributed by atoms with Crippen molar-refractivity contribution in [3.05, 3.63) is 72.4 Å². The molecule has 6 heteroatoms. The van der Waals surface area contributed by atoms with Crippen LogP contribution in [0.3, 0.4) is 0 Å². The van der Waals surface area contributed by atoms with Crippen LogP contribution in [0.5, 0.6) is 5.75 Å². The number of nitrogens with one attached hydrogen (secondary N) is 2. The Kier molecular flexibility index (Phi) is 12.9. The van der Waals surface area contributed by atoms with Crippen molar-refractivity contribution in [2.75, 3.05) is 20.6 Å². The number of carbonyl (C=O) groups is 1. The standard InChI is InChI=1S/C21H23N3O2.C5H13N.C2H6/c1-15(22-3)21(2,17-9-11-18(25)12-10-17)20(26)24-14-13-19(23-24)16-7-5-4-6-8-16;1-3-4-5-6-2;1-2/h4-15,22,25H,1-3H3;6H,3-5H2,1-2H3;1-2H3/t15-,21?;;/m1../s1. The summed E-state index contributed by atoms with van der Waals surface area (Å²) in [7, 11) is 3.81. The van der Waals surface area contributed by atoms with Crippen LogP contribution in [0.2, 0.25) is 0 Å². The molecule has 0 aliphatic rings. The van der Waals surface area contributed by atoms with Gasteiger partial charge < -0.3 is 15.7 Å². The monoisotopic (exact) mass is 466 g/mol. The van der Waals surface area contributed by atoms with E-state index in [2.05, 4.69) is 22.7 Å². The molecule has 3 rings (SSSR count). The lowest BCUT2D eigenvalue weighted by molar-refractivity contribution is 0.0760. The van der Waals surface area contributed by atoms with Crippen molar-refractivity contribution in [1.82, 2.24) is 20.4 Å². The summed E-state index contributed by atoms with van der Waals surface area (Å²) in [6.07, 6.45) is 4.29. The van der Waals surface area contributed by atoms with Crippen molar-refractivity contribution in [2.45, 2.75) is 58.9 Å². The second-order valence-corrected chi connectivity index (χ2v) is 8.03. The fraction of sp³-hybridized carbons (Fsp3) is 0.429. The average Bonchev–Trinajstić information content (AvgIpc) is 3.39. The SMILES string of the molecule is CC.CCCCNC.CN[C@H](C)C(C)(C(=O)n1ccc(-c2ccccc2)n1)c1ccc(O)cc1. The second-order valence-electron chi connectivity index (χ2n) is 8.03. The van der Waals surface area contributed by atoms with Crippen LogP contribution in [0.4, 0.5) is 0 Å². The molecule has 2 atom stereocenters. The van der Waals surface area contributed by atoms with Crippen molar-refractivity contribution in [1.29, 1.82) is 0 Å². The van der Waals surface area contributed by atoms with Gasteiger partial charge in [-0.2, -0.15) is 5.10 Å². The van der Waals surface area contributed by atoms with Gasteiger partial charge in [-0.1, -0.05) is 69.7 Å². The van der Waals surface area contributed by atoms with Crippen LogP contribution < -0.4 is 10.6 Å². The Labute approximate surface area is 205 Å².